The number of nitrogens with one attached hydrogen (secondary N) is 2. The first-order chi connectivity index (χ1) is 8.40. The summed E-state index contributed by atoms with van der Waals surface area (Å²) in [4.78, 5) is 0. The summed E-state index contributed by atoms with van der Waals surface area (Å²) in [7, 11) is 0. The molecule has 0 aliphatic carbocycles. The number of aromatic amines is 1. The van der Waals surface area contributed by atoms with E-state index >= 15 is 0 Å². The second-order valence-corrected chi connectivity index (χ2v) is 3.47. The summed E-state index contributed by atoms with van der Waals surface area (Å²) in [6.07, 6.45) is 0. The molecule has 6 nitrogen and oxygen atoms in total. The fraction of sp³-hybridized carbons (Fsp3) is 0.364. The van der Waals surface area contributed by atoms with Crippen LogP contribution in [-0.4, -0.2) is 27.2 Å². The van der Waals surface area contributed by atoms with Crippen molar-refractivity contribution in [2.24, 2.45) is 0 Å². The number of H-pyrrole nitrogens is 1. The molecule has 0 spiro atoms. The molecule has 17 heavy (non-hydrogen) atoms. The topological polar surface area (TPSA) is 75.7 Å². The maximum atomic E-state index is 5.53. The van der Waals surface area contributed by atoms with Gasteiger partial charge in [-0.3, -0.25) is 0 Å². The molecule has 2 rings (SSSR count). The van der Waals surface area contributed by atoms with Gasteiger partial charge in [0.1, 0.15) is 5.75 Å². The van der Waals surface area contributed by atoms with Crippen molar-refractivity contribution < 1.29 is 4.74 Å². The second-order valence-electron chi connectivity index (χ2n) is 3.47. The van der Waals surface area contributed by atoms with Gasteiger partial charge in [-0.2, -0.15) is 5.21 Å². The van der Waals surface area contributed by atoms with Crippen molar-refractivity contribution in [3.8, 4) is 5.75 Å². The molecule has 1 heterocycles. The van der Waals surface area contributed by atoms with Gasteiger partial charge in [0.15, 0.2) is 5.82 Å². The largest absolute Gasteiger partial charge is 0.494 e. The number of ether oxygens (including phenoxy) is 1. The molecule has 1 aromatic carbocycles. The lowest BCUT2D eigenvalue weighted by Gasteiger charge is -2.09. The summed E-state index contributed by atoms with van der Waals surface area (Å²) in [6, 6.07) is 7.96. The molecule has 2 N–H and O–H groups in total. The fourth-order valence-corrected chi connectivity index (χ4v) is 1.51. The first-order valence-corrected chi connectivity index (χ1v) is 5.54. The van der Waals surface area contributed by atoms with Crippen LogP contribution in [0.25, 0.3) is 0 Å². The average Bonchev–Trinajstić information content (AvgIpc) is 2.85. The lowest BCUT2D eigenvalue weighted by atomic mass is 10.2. The minimum atomic E-state index is 0.580. The minimum absolute atomic E-state index is 0.580. The normalized spacial score (nSPS) is 10.4. The molecule has 6 heteroatoms. The lowest BCUT2D eigenvalue weighted by Crippen LogP contribution is -2.14. The van der Waals surface area contributed by atoms with Crippen molar-refractivity contribution in [2.45, 2.75) is 20.0 Å². The molecule has 0 aliphatic rings. The van der Waals surface area contributed by atoms with Gasteiger partial charge in [-0.05, 0) is 13.0 Å². The Morgan fingerprint density at radius 1 is 1.29 bits per heavy atom. The van der Waals surface area contributed by atoms with E-state index in [0.29, 0.717) is 25.5 Å². The third-order valence-electron chi connectivity index (χ3n) is 2.26. The summed E-state index contributed by atoms with van der Waals surface area (Å²) in [5.41, 5.74) is 1.12. The number of para-hydroxylation sites is 1. The number of aromatic nitrogens is 4. The third-order valence-corrected chi connectivity index (χ3v) is 2.26. The Kier molecular flexibility index (Phi) is 4.04. The maximum absolute atomic E-state index is 5.53. The van der Waals surface area contributed by atoms with Crippen molar-refractivity contribution >= 4 is 0 Å². The van der Waals surface area contributed by atoms with Crippen LogP contribution in [0.15, 0.2) is 24.3 Å². The zero-order chi connectivity index (χ0) is 11.9. The Morgan fingerprint density at radius 3 is 2.94 bits per heavy atom. The molecule has 1 aromatic heterocycles. The van der Waals surface area contributed by atoms with E-state index in [0.717, 1.165) is 11.3 Å². The molecule has 0 bridgehead atoms. The average molecular weight is 233 g/mol. The van der Waals surface area contributed by atoms with Gasteiger partial charge in [0.05, 0.1) is 13.2 Å². The van der Waals surface area contributed by atoms with Gasteiger partial charge in [0.2, 0.25) is 0 Å². The number of nitrogens with zero attached hydrogens (tertiary/aromatic N) is 3. The molecular formula is C11H15N5O. The molecule has 0 saturated carbocycles. The monoisotopic (exact) mass is 233 g/mol. The Hall–Kier alpha value is -1.95. The quantitative estimate of drug-likeness (QED) is 0.775. The smallest absolute Gasteiger partial charge is 0.188 e. The van der Waals surface area contributed by atoms with Crippen molar-refractivity contribution in [1.29, 1.82) is 0 Å². The highest BCUT2D eigenvalue weighted by atomic mass is 16.5. The predicted molar refractivity (Wildman–Crippen MR) is 62.3 cm³/mol. The number of tetrazole rings is 1. The summed E-state index contributed by atoms with van der Waals surface area (Å²) in [6.45, 7) is 3.94. The van der Waals surface area contributed by atoms with E-state index in [1.807, 2.05) is 31.2 Å². The highest BCUT2D eigenvalue weighted by molar-refractivity contribution is 5.33. The Morgan fingerprint density at radius 2 is 2.18 bits per heavy atom. The highest BCUT2D eigenvalue weighted by Gasteiger charge is 2.02. The van der Waals surface area contributed by atoms with Crippen molar-refractivity contribution in [1.82, 2.24) is 25.9 Å². The van der Waals surface area contributed by atoms with E-state index in [2.05, 4.69) is 25.9 Å². The van der Waals surface area contributed by atoms with Crippen LogP contribution < -0.4 is 10.1 Å². The van der Waals surface area contributed by atoms with E-state index in [-0.39, 0.29) is 0 Å². The lowest BCUT2D eigenvalue weighted by molar-refractivity contribution is 0.335. The predicted octanol–water partition coefficient (Wildman–Crippen LogP) is 0.888. The van der Waals surface area contributed by atoms with Gasteiger partial charge in [0.25, 0.3) is 0 Å². The van der Waals surface area contributed by atoms with Gasteiger partial charge in [-0.25, -0.2) is 0 Å². The first-order valence-electron chi connectivity index (χ1n) is 5.54. The van der Waals surface area contributed by atoms with Crippen LogP contribution in [0.1, 0.15) is 18.3 Å². The number of hydrogen-bond donors (Lipinski definition) is 2. The van der Waals surface area contributed by atoms with Crippen LogP contribution in [0, 0.1) is 0 Å². The second kappa shape index (κ2) is 5.95. The van der Waals surface area contributed by atoms with Crippen LogP contribution in [0.3, 0.4) is 0 Å². The third kappa shape index (κ3) is 3.25. The molecule has 0 unspecified atom stereocenters. The van der Waals surface area contributed by atoms with Crippen molar-refractivity contribution in [3.05, 3.63) is 35.7 Å². The van der Waals surface area contributed by atoms with Crippen LogP contribution in [-0.2, 0) is 13.1 Å². The molecule has 0 aliphatic heterocycles. The number of rotatable bonds is 6. The SMILES string of the molecule is CCOc1ccccc1CNCc1nn[nH]n1. The number of benzene rings is 1. The Bertz CT molecular complexity index is 443. The maximum Gasteiger partial charge on any atom is 0.188 e. The summed E-state index contributed by atoms with van der Waals surface area (Å²) in [5, 5.41) is 16.9. The van der Waals surface area contributed by atoms with Gasteiger partial charge in [-0.15, -0.1) is 10.2 Å². The highest BCUT2D eigenvalue weighted by Crippen LogP contribution is 2.17. The van der Waals surface area contributed by atoms with E-state index < -0.39 is 0 Å². The summed E-state index contributed by atoms with van der Waals surface area (Å²) >= 11 is 0. The van der Waals surface area contributed by atoms with Gasteiger partial charge < -0.3 is 10.1 Å². The molecule has 0 amide bonds. The van der Waals surface area contributed by atoms with Crippen molar-refractivity contribution in [2.75, 3.05) is 6.61 Å². The minimum Gasteiger partial charge on any atom is -0.494 e. The standard InChI is InChI=1S/C11H15N5O/c1-2-17-10-6-4-3-5-9(10)7-12-8-11-13-15-16-14-11/h3-6,12H,2,7-8H2,1H3,(H,13,14,15,16). The molecule has 0 saturated heterocycles. The summed E-state index contributed by atoms with van der Waals surface area (Å²) in [5.74, 6) is 1.56. The Labute approximate surface area is 99.4 Å². The molecule has 0 fully saturated rings. The summed E-state index contributed by atoms with van der Waals surface area (Å²) < 4.78 is 5.53. The zero-order valence-electron chi connectivity index (χ0n) is 9.68. The van der Waals surface area contributed by atoms with Crippen LogP contribution >= 0.6 is 0 Å². The molecule has 0 atom stereocenters. The fourth-order valence-electron chi connectivity index (χ4n) is 1.51. The van der Waals surface area contributed by atoms with E-state index in [1.165, 1.54) is 0 Å². The van der Waals surface area contributed by atoms with Gasteiger partial charge in [-0.1, -0.05) is 23.4 Å². The van der Waals surface area contributed by atoms with E-state index in [1.54, 1.807) is 0 Å². The van der Waals surface area contributed by atoms with Crippen LogP contribution in [0.2, 0.25) is 0 Å². The van der Waals surface area contributed by atoms with Crippen LogP contribution in [0.5, 0.6) is 5.75 Å². The molecule has 90 valence electrons. The zero-order valence-corrected chi connectivity index (χ0v) is 9.68. The van der Waals surface area contributed by atoms with Gasteiger partial charge >= 0.3 is 0 Å². The number of hydrogen-bond acceptors (Lipinski definition) is 5. The van der Waals surface area contributed by atoms with Gasteiger partial charge in [0, 0.05) is 12.1 Å². The van der Waals surface area contributed by atoms with E-state index in [4.69, 9.17) is 4.74 Å². The van der Waals surface area contributed by atoms with E-state index in [9.17, 15) is 0 Å². The van der Waals surface area contributed by atoms with Crippen LogP contribution in [0.4, 0.5) is 0 Å². The molecule has 0 radical (unpaired) electrons. The molecular weight excluding hydrogens is 218 g/mol. The first kappa shape index (κ1) is 11.5. The molecule has 2 aromatic rings. The Balaban J connectivity index is 1.89. The van der Waals surface area contributed by atoms with Crippen molar-refractivity contribution in [3.63, 3.8) is 0 Å².